The number of fused-ring (bicyclic) bond motifs is 1. The molecule has 0 aliphatic rings. The molecule has 0 saturated carbocycles. The van der Waals surface area contributed by atoms with E-state index < -0.39 is 0 Å². The van der Waals surface area contributed by atoms with E-state index in [-0.39, 0.29) is 0 Å². The van der Waals surface area contributed by atoms with E-state index in [9.17, 15) is 0 Å². The molecule has 0 fully saturated rings. The van der Waals surface area contributed by atoms with Gasteiger partial charge in [-0.2, -0.15) is 0 Å². The molecule has 0 aliphatic carbocycles. The quantitative estimate of drug-likeness (QED) is 0.676. The Morgan fingerprint density at radius 3 is 2.50 bits per heavy atom. The topological polar surface area (TPSA) is 51.8 Å². The van der Waals surface area contributed by atoms with Gasteiger partial charge in [-0.3, -0.25) is 0 Å². The van der Waals surface area contributed by atoms with Crippen molar-refractivity contribution in [3.8, 4) is 0 Å². The van der Waals surface area contributed by atoms with Gasteiger partial charge in [-0.05, 0) is 26.0 Å². The van der Waals surface area contributed by atoms with Crippen LogP contribution in [0.5, 0.6) is 0 Å². The first kappa shape index (κ1) is 9.21. The molecule has 1 aromatic carbocycles. The fraction of sp³-hybridized carbons (Fsp3) is 0.200. The highest BCUT2D eigenvalue weighted by molar-refractivity contribution is 6.37. The number of halogens is 1. The summed E-state index contributed by atoms with van der Waals surface area (Å²) in [6, 6.07) is 3.57. The van der Waals surface area contributed by atoms with Crippen molar-refractivity contribution in [1.29, 1.82) is 0 Å². The number of aryl methyl sites for hydroxylation is 2. The zero-order valence-corrected chi connectivity index (χ0v) is 8.76. The van der Waals surface area contributed by atoms with E-state index in [0.29, 0.717) is 16.2 Å². The second kappa shape index (κ2) is 3.10. The predicted molar refractivity (Wildman–Crippen MR) is 58.4 cm³/mol. The second-order valence-electron chi connectivity index (χ2n) is 3.23. The fourth-order valence-corrected chi connectivity index (χ4v) is 1.48. The van der Waals surface area contributed by atoms with Crippen LogP contribution in [-0.4, -0.2) is 9.97 Å². The number of benzene rings is 1. The summed E-state index contributed by atoms with van der Waals surface area (Å²) in [5.41, 5.74) is 9.47. The van der Waals surface area contributed by atoms with E-state index >= 15 is 0 Å². The number of anilines is 1. The minimum atomic E-state index is 0.484. The zero-order valence-electron chi connectivity index (χ0n) is 8.00. The van der Waals surface area contributed by atoms with Crippen molar-refractivity contribution in [2.24, 2.45) is 0 Å². The molecule has 72 valence electrons. The van der Waals surface area contributed by atoms with Crippen molar-refractivity contribution in [2.45, 2.75) is 13.8 Å². The SMILES string of the molecule is Cc1nc2ccc(N)c(Cl)c2nc1C. The number of nitrogens with two attached hydrogens (primary N) is 1. The third-order valence-electron chi connectivity index (χ3n) is 2.22. The summed E-state index contributed by atoms with van der Waals surface area (Å²) in [6.45, 7) is 3.83. The first-order valence-electron chi connectivity index (χ1n) is 4.28. The molecule has 0 spiro atoms. The molecule has 2 rings (SSSR count). The molecule has 2 aromatic rings. The number of hydrogen-bond donors (Lipinski definition) is 1. The number of hydrogen-bond acceptors (Lipinski definition) is 3. The van der Waals surface area contributed by atoms with Crippen molar-refractivity contribution in [3.05, 3.63) is 28.5 Å². The van der Waals surface area contributed by atoms with Gasteiger partial charge in [0.15, 0.2) is 0 Å². The van der Waals surface area contributed by atoms with E-state index in [1.807, 2.05) is 19.9 Å². The lowest BCUT2D eigenvalue weighted by Crippen LogP contribution is -1.96. The molecule has 0 amide bonds. The van der Waals surface area contributed by atoms with Crippen LogP contribution >= 0.6 is 11.6 Å². The Morgan fingerprint density at radius 1 is 1.14 bits per heavy atom. The van der Waals surface area contributed by atoms with Crippen LogP contribution in [0.2, 0.25) is 5.02 Å². The van der Waals surface area contributed by atoms with Gasteiger partial charge in [0.2, 0.25) is 0 Å². The largest absolute Gasteiger partial charge is 0.397 e. The lowest BCUT2D eigenvalue weighted by atomic mass is 10.2. The smallest absolute Gasteiger partial charge is 0.110 e. The van der Waals surface area contributed by atoms with Gasteiger partial charge in [-0.25, -0.2) is 9.97 Å². The highest BCUT2D eigenvalue weighted by atomic mass is 35.5. The standard InChI is InChI=1S/C10H10ClN3/c1-5-6(2)14-10-8(13-5)4-3-7(12)9(10)11/h3-4H,12H2,1-2H3. The van der Waals surface area contributed by atoms with Crippen LogP contribution in [0.25, 0.3) is 11.0 Å². The number of nitrogens with zero attached hydrogens (tertiary/aromatic N) is 2. The van der Waals surface area contributed by atoms with Crippen LogP contribution in [0.15, 0.2) is 12.1 Å². The first-order valence-corrected chi connectivity index (χ1v) is 4.66. The van der Waals surface area contributed by atoms with Crippen LogP contribution in [0.4, 0.5) is 5.69 Å². The van der Waals surface area contributed by atoms with Crippen LogP contribution in [0.3, 0.4) is 0 Å². The molecule has 0 unspecified atom stereocenters. The average Bonchev–Trinajstić information content (AvgIpc) is 2.15. The monoisotopic (exact) mass is 207 g/mol. The van der Waals surface area contributed by atoms with E-state index in [2.05, 4.69) is 9.97 Å². The highest BCUT2D eigenvalue weighted by Gasteiger charge is 2.07. The summed E-state index contributed by atoms with van der Waals surface area (Å²) in [7, 11) is 0. The van der Waals surface area contributed by atoms with Crippen molar-refractivity contribution < 1.29 is 0 Å². The molecule has 4 heteroatoms. The van der Waals surface area contributed by atoms with E-state index in [1.165, 1.54) is 0 Å². The molecule has 0 saturated heterocycles. The number of rotatable bonds is 0. The van der Waals surface area contributed by atoms with Gasteiger partial charge in [0.1, 0.15) is 5.52 Å². The molecule has 0 bridgehead atoms. The van der Waals surface area contributed by atoms with Crippen molar-refractivity contribution in [1.82, 2.24) is 9.97 Å². The summed E-state index contributed by atoms with van der Waals surface area (Å²) < 4.78 is 0. The molecule has 3 nitrogen and oxygen atoms in total. The molecule has 0 aliphatic heterocycles. The third-order valence-corrected chi connectivity index (χ3v) is 2.61. The van der Waals surface area contributed by atoms with Gasteiger partial charge in [0.25, 0.3) is 0 Å². The lowest BCUT2D eigenvalue weighted by Gasteiger charge is -2.05. The molecular weight excluding hydrogens is 198 g/mol. The maximum absolute atomic E-state index is 6.02. The average molecular weight is 208 g/mol. The van der Waals surface area contributed by atoms with Gasteiger partial charge in [-0.15, -0.1) is 0 Å². The maximum Gasteiger partial charge on any atom is 0.110 e. The molecule has 0 atom stereocenters. The molecule has 1 aromatic heterocycles. The predicted octanol–water partition coefficient (Wildman–Crippen LogP) is 2.48. The van der Waals surface area contributed by atoms with Crippen molar-refractivity contribution in [2.75, 3.05) is 5.73 Å². The van der Waals surface area contributed by atoms with Crippen molar-refractivity contribution in [3.63, 3.8) is 0 Å². The van der Waals surface area contributed by atoms with Crippen LogP contribution in [0.1, 0.15) is 11.4 Å². The molecule has 0 radical (unpaired) electrons. The van der Waals surface area contributed by atoms with E-state index in [0.717, 1.165) is 16.9 Å². The zero-order chi connectivity index (χ0) is 10.3. The summed E-state index contributed by atoms with van der Waals surface area (Å²) >= 11 is 6.02. The summed E-state index contributed by atoms with van der Waals surface area (Å²) in [6.07, 6.45) is 0. The highest BCUT2D eigenvalue weighted by Crippen LogP contribution is 2.26. The summed E-state index contributed by atoms with van der Waals surface area (Å²) in [5, 5.41) is 0.484. The van der Waals surface area contributed by atoms with E-state index in [4.69, 9.17) is 17.3 Å². The Hall–Kier alpha value is -1.35. The Morgan fingerprint density at radius 2 is 1.79 bits per heavy atom. The number of aromatic nitrogens is 2. The van der Waals surface area contributed by atoms with Crippen LogP contribution in [0, 0.1) is 13.8 Å². The van der Waals surface area contributed by atoms with Gasteiger partial charge < -0.3 is 5.73 Å². The van der Waals surface area contributed by atoms with Gasteiger partial charge in [-0.1, -0.05) is 11.6 Å². The normalized spacial score (nSPS) is 10.8. The third kappa shape index (κ3) is 1.30. The fourth-order valence-electron chi connectivity index (χ4n) is 1.28. The second-order valence-corrected chi connectivity index (χ2v) is 3.61. The van der Waals surface area contributed by atoms with Crippen molar-refractivity contribution >= 4 is 28.3 Å². The lowest BCUT2D eigenvalue weighted by molar-refractivity contribution is 1.10. The Labute approximate surface area is 86.9 Å². The Balaban J connectivity index is 2.89. The van der Waals surface area contributed by atoms with Gasteiger partial charge in [0, 0.05) is 0 Å². The Bertz CT molecular complexity index is 508. The summed E-state index contributed by atoms with van der Waals surface area (Å²) in [5.74, 6) is 0. The minimum Gasteiger partial charge on any atom is -0.397 e. The Kier molecular flexibility index (Phi) is 2.04. The minimum absolute atomic E-state index is 0.484. The molecule has 14 heavy (non-hydrogen) atoms. The molecule has 1 heterocycles. The molecule has 2 N–H and O–H groups in total. The van der Waals surface area contributed by atoms with Crippen LogP contribution in [-0.2, 0) is 0 Å². The van der Waals surface area contributed by atoms with E-state index in [1.54, 1.807) is 6.07 Å². The van der Waals surface area contributed by atoms with Crippen LogP contribution < -0.4 is 5.73 Å². The van der Waals surface area contributed by atoms with Gasteiger partial charge >= 0.3 is 0 Å². The number of nitrogen functional groups attached to an aromatic ring is 1. The maximum atomic E-state index is 6.02. The first-order chi connectivity index (χ1) is 6.59. The van der Waals surface area contributed by atoms with Gasteiger partial charge in [0.05, 0.1) is 27.6 Å². The summed E-state index contributed by atoms with van der Waals surface area (Å²) in [4.78, 5) is 8.74. The molecular formula is C10H10ClN3.